The fraction of sp³-hybridized carbons (Fsp3) is 0.190. The topological polar surface area (TPSA) is 103 Å². The minimum atomic E-state index is -3.90. The van der Waals surface area contributed by atoms with Crippen LogP contribution in [0, 0.1) is 0 Å². The summed E-state index contributed by atoms with van der Waals surface area (Å²) in [5.41, 5.74) is 0.996. The first-order valence-electron chi connectivity index (χ1n) is 9.38. The fourth-order valence-corrected chi connectivity index (χ4v) is 4.71. The summed E-state index contributed by atoms with van der Waals surface area (Å²) in [6.45, 7) is 5.83. The van der Waals surface area contributed by atoms with Crippen molar-refractivity contribution in [3.05, 3.63) is 72.0 Å². The number of aromatic nitrogens is 4. The molecule has 4 aromatic rings. The van der Waals surface area contributed by atoms with E-state index < -0.39 is 15.4 Å². The van der Waals surface area contributed by atoms with Crippen LogP contribution in [0.4, 0.5) is 5.69 Å². The number of sulfonamides is 1. The molecule has 3 heterocycles. The summed E-state index contributed by atoms with van der Waals surface area (Å²) < 4.78 is 35.7. The minimum absolute atomic E-state index is 0.127. The van der Waals surface area contributed by atoms with Crippen LogP contribution in [0.25, 0.3) is 17.3 Å². The lowest BCUT2D eigenvalue weighted by atomic mass is 9.86. The summed E-state index contributed by atoms with van der Waals surface area (Å²) in [4.78, 5) is 8.63. The molecular formula is C21H20ClN5O3S. The molecule has 0 spiro atoms. The highest BCUT2D eigenvalue weighted by Crippen LogP contribution is 2.39. The molecule has 0 aliphatic rings. The molecule has 0 aliphatic heterocycles. The standard InChI is InChI=1S/C21H20ClN5O3S/c1-21(2,3)17-16(22)12-24-19(27-13-14(11-25-27)20-23-9-10-30-20)18(17)26-31(28,29)15-7-5-4-6-8-15/h4-13,26H,1-3H3. The van der Waals surface area contributed by atoms with Gasteiger partial charge in [-0.25, -0.2) is 23.1 Å². The van der Waals surface area contributed by atoms with Crippen molar-refractivity contribution in [3.8, 4) is 17.3 Å². The quantitative estimate of drug-likeness (QED) is 0.467. The normalized spacial score (nSPS) is 12.1. The molecule has 0 fully saturated rings. The molecule has 10 heteroatoms. The summed E-state index contributed by atoms with van der Waals surface area (Å²) in [5.74, 6) is 0.675. The van der Waals surface area contributed by atoms with Crippen LogP contribution in [0.3, 0.4) is 0 Å². The lowest BCUT2D eigenvalue weighted by Gasteiger charge is -2.26. The number of hydrogen-bond donors (Lipinski definition) is 1. The van der Waals surface area contributed by atoms with Crippen molar-refractivity contribution >= 4 is 27.3 Å². The monoisotopic (exact) mass is 457 g/mol. The molecule has 4 rings (SSSR count). The van der Waals surface area contributed by atoms with E-state index >= 15 is 0 Å². The highest BCUT2D eigenvalue weighted by molar-refractivity contribution is 7.92. The van der Waals surface area contributed by atoms with E-state index in [1.54, 1.807) is 30.6 Å². The molecule has 8 nitrogen and oxygen atoms in total. The summed E-state index contributed by atoms with van der Waals surface area (Å²) in [6.07, 6.45) is 7.71. The molecular weight excluding hydrogens is 438 g/mol. The first kappa shape index (κ1) is 21.1. The second-order valence-corrected chi connectivity index (χ2v) is 9.95. The van der Waals surface area contributed by atoms with Crippen LogP contribution in [-0.4, -0.2) is 28.2 Å². The van der Waals surface area contributed by atoms with Gasteiger partial charge in [0.15, 0.2) is 5.82 Å². The Morgan fingerprint density at radius 2 is 1.84 bits per heavy atom. The summed E-state index contributed by atoms with van der Waals surface area (Å²) in [7, 11) is -3.90. The Kier molecular flexibility index (Phi) is 5.32. The van der Waals surface area contributed by atoms with Gasteiger partial charge in [-0.2, -0.15) is 5.10 Å². The lowest BCUT2D eigenvalue weighted by Crippen LogP contribution is -2.22. The van der Waals surface area contributed by atoms with Crippen LogP contribution in [-0.2, 0) is 15.4 Å². The van der Waals surface area contributed by atoms with Gasteiger partial charge in [-0.1, -0.05) is 50.6 Å². The molecule has 0 atom stereocenters. The number of nitrogens with one attached hydrogen (secondary N) is 1. The van der Waals surface area contributed by atoms with E-state index in [9.17, 15) is 8.42 Å². The van der Waals surface area contributed by atoms with Crippen molar-refractivity contribution in [2.45, 2.75) is 31.1 Å². The van der Waals surface area contributed by atoms with Crippen molar-refractivity contribution < 1.29 is 12.8 Å². The van der Waals surface area contributed by atoms with Crippen LogP contribution >= 0.6 is 11.6 Å². The van der Waals surface area contributed by atoms with Crippen LogP contribution in [0.15, 0.2) is 70.7 Å². The van der Waals surface area contributed by atoms with Gasteiger partial charge in [-0.3, -0.25) is 4.72 Å². The van der Waals surface area contributed by atoms with E-state index in [0.29, 0.717) is 22.0 Å². The predicted molar refractivity (Wildman–Crippen MR) is 118 cm³/mol. The zero-order valence-electron chi connectivity index (χ0n) is 17.1. The van der Waals surface area contributed by atoms with Gasteiger partial charge >= 0.3 is 0 Å². The molecule has 1 N–H and O–H groups in total. The number of benzene rings is 1. The van der Waals surface area contributed by atoms with Gasteiger partial charge in [0.1, 0.15) is 6.26 Å². The maximum absolute atomic E-state index is 13.1. The van der Waals surface area contributed by atoms with Gasteiger partial charge in [0.2, 0.25) is 5.89 Å². The summed E-state index contributed by atoms with van der Waals surface area (Å²) in [6, 6.07) is 8.11. The molecule has 0 aliphatic carbocycles. The van der Waals surface area contributed by atoms with Crippen molar-refractivity contribution in [2.75, 3.05) is 4.72 Å². The van der Waals surface area contributed by atoms with E-state index in [4.69, 9.17) is 16.0 Å². The minimum Gasteiger partial charge on any atom is -0.444 e. The Bertz CT molecular complexity index is 1310. The largest absolute Gasteiger partial charge is 0.444 e. The number of rotatable bonds is 5. The molecule has 31 heavy (non-hydrogen) atoms. The molecule has 0 bridgehead atoms. The Hall–Kier alpha value is -3.17. The molecule has 3 aromatic heterocycles. The number of hydrogen-bond acceptors (Lipinski definition) is 6. The predicted octanol–water partition coefficient (Wildman–Crippen LogP) is 4.67. The van der Waals surface area contributed by atoms with E-state index in [2.05, 4.69) is 19.8 Å². The molecule has 0 unspecified atom stereocenters. The van der Waals surface area contributed by atoms with E-state index in [-0.39, 0.29) is 16.4 Å². The highest BCUT2D eigenvalue weighted by Gasteiger charge is 2.29. The van der Waals surface area contributed by atoms with Gasteiger partial charge in [-0.15, -0.1) is 0 Å². The zero-order valence-corrected chi connectivity index (χ0v) is 18.6. The third-order valence-corrected chi connectivity index (χ3v) is 6.18. The second-order valence-electron chi connectivity index (χ2n) is 7.86. The molecule has 0 saturated heterocycles. The Labute approximate surface area is 185 Å². The number of anilines is 1. The van der Waals surface area contributed by atoms with Crippen LogP contribution in [0.1, 0.15) is 26.3 Å². The number of oxazole rings is 1. The van der Waals surface area contributed by atoms with Gasteiger partial charge in [0.05, 0.1) is 33.6 Å². The third-order valence-electron chi connectivity index (χ3n) is 4.53. The average Bonchev–Trinajstić information content (AvgIpc) is 3.39. The first-order valence-corrected chi connectivity index (χ1v) is 11.2. The van der Waals surface area contributed by atoms with E-state index in [0.717, 1.165) is 0 Å². The van der Waals surface area contributed by atoms with Crippen molar-refractivity contribution in [2.24, 2.45) is 0 Å². The van der Waals surface area contributed by atoms with Gasteiger partial charge in [0, 0.05) is 18.0 Å². The molecule has 0 saturated carbocycles. The number of pyridine rings is 1. The fourth-order valence-electron chi connectivity index (χ4n) is 3.19. The second kappa shape index (κ2) is 7.82. The SMILES string of the molecule is CC(C)(C)c1c(Cl)cnc(-n2cc(-c3ncco3)cn2)c1NS(=O)(=O)c1ccccc1. The smallest absolute Gasteiger partial charge is 0.262 e. The molecule has 0 amide bonds. The Balaban J connectivity index is 1.89. The number of halogens is 1. The lowest BCUT2D eigenvalue weighted by molar-refractivity contribution is 0.574. The molecule has 160 valence electrons. The summed E-state index contributed by atoms with van der Waals surface area (Å²) >= 11 is 6.48. The Morgan fingerprint density at radius 3 is 2.48 bits per heavy atom. The number of nitrogens with zero attached hydrogens (tertiary/aromatic N) is 4. The summed E-state index contributed by atoms with van der Waals surface area (Å²) in [5, 5.41) is 4.68. The maximum Gasteiger partial charge on any atom is 0.262 e. The molecule has 0 radical (unpaired) electrons. The van der Waals surface area contributed by atoms with E-state index in [1.807, 2.05) is 20.8 Å². The van der Waals surface area contributed by atoms with Crippen molar-refractivity contribution in [1.82, 2.24) is 19.7 Å². The maximum atomic E-state index is 13.1. The van der Waals surface area contributed by atoms with Crippen molar-refractivity contribution in [1.29, 1.82) is 0 Å². The Morgan fingerprint density at radius 1 is 1.10 bits per heavy atom. The van der Waals surface area contributed by atoms with Gasteiger partial charge < -0.3 is 4.42 Å². The van der Waals surface area contributed by atoms with Crippen LogP contribution < -0.4 is 4.72 Å². The molecule has 1 aromatic carbocycles. The zero-order chi connectivity index (χ0) is 22.2. The average molecular weight is 458 g/mol. The van der Waals surface area contributed by atoms with Crippen LogP contribution in [0.5, 0.6) is 0 Å². The van der Waals surface area contributed by atoms with Gasteiger partial charge in [-0.05, 0) is 17.5 Å². The van der Waals surface area contributed by atoms with E-state index in [1.165, 1.54) is 35.5 Å². The van der Waals surface area contributed by atoms with Crippen molar-refractivity contribution in [3.63, 3.8) is 0 Å². The third kappa shape index (κ3) is 4.19. The van der Waals surface area contributed by atoms with Gasteiger partial charge in [0.25, 0.3) is 10.0 Å². The first-order chi connectivity index (χ1) is 14.7. The van der Waals surface area contributed by atoms with Crippen LogP contribution in [0.2, 0.25) is 5.02 Å². The highest BCUT2D eigenvalue weighted by atomic mass is 35.5.